The number of phenols is 1. The van der Waals surface area contributed by atoms with Gasteiger partial charge >= 0.3 is 0 Å². The average Bonchev–Trinajstić information content (AvgIpc) is 3.17. The van der Waals surface area contributed by atoms with Gasteiger partial charge in [0.2, 0.25) is 5.91 Å². The van der Waals surface area contributed by atoms with Gasteiger partial charge in [-0.2, -0.15) is 0 Å². The molecule has 0 saturated heterocycles. The van der Waals surface area contributed by atoms with Crippen molar-refractivity contribution in [1.29, 1.82) is 0 Å². The molecule has 0 aliphatic carbocycles. The molecule has 3 aromatic rings. The van der Waals surface area contributed by atoms with Gasteiger partial charge in [0, 0.05) is 42.4 Å². The normalized spacial score (nSPS) is 17.9. The predicted octanol–water partition coefficient (Wildman–Crippen LogP) is 4.20. The number of carbonyl (C=O) groups is 2. The van der Waals surface area contributed by atoms with Gasteiger partial charge in [0.25, 0.3) is 5.91 Å². The molecule has 2 N–H and O–H groups in total. The Labute approximate surface area is 180 Å². The molecule has 1 aromatic heterocycles. The minimum atomic E-state index is -0.383. The molecule has 2 aliphatic rings. The Bertz CT molecular complexity index is 1270. The van der Waals surface area contributed by atoms with E-state index in [1.807, 2.05) is 18.2 Å². The number of anilines is 1. The Hall–Kier alpha value is -3.54. The largest absolute Gasteiger partial charge is 0.508 e. The number of imide groups is 1. The van der Waals surface area contributed by atoms with Crippen LogP contribution in [0.2, 0.25) is 0 Å². The summed E-state index contributed by atoms with van der Waals surface area (Å²) in [4.78, 5) is 26.8. The van der Waals surface area contributed by atoms with Crippen LogP contribution in [0.25, 0.3) is 10.9 Å². The first-order chi connectivity index (χ1) is 14.8. The van der Waals surface area contributed by atoms with Crippen molar-refractivity contribution in [1.82, 2.24) is 9.47 Å². The average molecular weight is 415 g/mol. The lowest BCUT2D eigenvalue weighted by atomic mass is 9.84. The third-order valence-corrected chi connectivity index (χ3v) is 6.08. The third-order valence-electron chi connectivity index (χ3n) is 6.08. The lowest BCUT2D eigenvalue weighted by Crippen LogP contribution is -2.33. The second kappa shape index (κ2) is 7.01. The van der Waals surface area contributed by atoms with Gasteiger partial charge in [0.1, 0.15) is 5.75 Å². The first kappa shape index (κ1) is 19.4. The summed E-state index contributed by atoms with van der Waals surface area (Å²) in [5.74, 6) is -0.326. The van der Waals surface area contributed by atoms with E-state index in [1.165, 1.54) is 11.8 Å². The van der Waals surface area contributed by atoms with E-state index in [1.54, 1.807) is 18.2 Å². The molecule has 2 aromatic carbocycles. The van der Waals surface area contributed by atoms with Crippen LogP contribution in [0, 0.1) is 5.92 Å². The summed E-state index contributed by atoms with van der Waals surface area (Å²) < 4.78 is 2.24. The van der Waals surface area contributed by atoms with Crippen molar-refractivity contribution in [2.45, 2.75) is 33.2 Å². The van der Waals surface area contributed by atoms with E-state index in [9.17, 15) is 14.7 Å². The molecule has 2 amide bonds. The molecular formula is C25H25N3O3. The van der Waals surface area contributed by atoms with Crippen molar-refractivity contribution in [2.75, 3.05) is 11.9 Å². The van der Waals surface area contributed by atoms with E-state index in [-0.39, 0.29) is 30.0 Å². The maximum absolute atomic E-state index is 13.4. The summed E-state index contributed by atoms with van der Waals surface area (Å²) in [5.41, 5.74) is 5.19. The van der Waals surface area contributed by atoms with Gasteiger partial charge in [-0.3, -0.25) is 14.5 Å². The number of benzene rings is 2. The first-order valence-corrected chi connectivity index (χ1v) is 10.6. The Kier molecular flexibility index (Phi) is 4.39. The van der Waals surface area contributed by atoms with Crippen molar-refractivity contribution >= 4 is 28.4 Å². The van der Waals surface area contributed by atoms with Crippen LogP contribution in [0.5, 0.6) is 5.75 Å². The van der Waals surface area contributed by atoms with Crippen LogP contribution in [0.3, 0.4) is 0 Å². The Morgan fingerprint density at radius 3 is 2.71 bits per heavy atom. The van der Waals surface area contributed by atoms with Crippen LogP contribution in [0.4, 0.5) is 5.69 Å². The number of carbonyl (C=O) groups excluding carboxylic acids is 2. The molecule has 0 saturated carbocycles. The van der Waals surface area contributed by atoms with E-state index in [0.29, 0.717) is 11.5 Å². The number of phenolic OH excluding ortho intramolecular Hbond substituents is 1. The number of nitrogens with one attached hydrogen (secondary N) is 1. The number of hydrogen-bond acceptors (Lipinski definition) is 4. The van der Waals surface area contributed by atoms with E-state index < -0.39 is 0 Å². The van der Waals surface area contributed by atoms with Gasteiger partial charge in [-0.1, -0.05) is 32.0 Å². The van der Waals surface area contributed by atoms with Crippen molar-refractivity contribution in [3.63, 3.8) is 0 Å². The van der Waals surface area contributed by atoms with Crippen LogP contribution in [-0.4, -0.2) is 32.9 Å². The minimum Gasteiger partial charge on any atom is -0.508 e. The van der Waals surface area contributed by atoms with Gasteiger partial charge in [0.15, 0.2) is 0 Å². The summed E-state index contributed by atoms with van der Waals surface area (Å²) in [6, 6.07) is 13.2. The Morgan fingerprint density at radius 2 is 2.00 bits per heavy atom. The SMILES string of the molecule is CC(=O)N1CC2=C(C1=O)[C@@H](c1cccc(O)c1)c1cn(CC(C)C)c3cccc(c13)N2. The fourth-order valence-corrected chi connectivity index (χ4v) is 4.87. The molecule has 0 radical (unpaired) electrons. The molecule has 0 unspecified atom stereocenters. The summed E-state index contributed by atoms with van der Waals surface area (Å²) >= 11 is 0. The highest BCUT2D eigenvalue weighted by Gasteiger charge is 2.41. The van der Waals surface area contributed by atoms with E-state index >= 15 is 0 Å². The van der Waals surface area contributed by atoms with E-state index in [2.05, 4.69) is 36.0 Å². The van der Waals surface area contributed by atoms with Crippen LogP contribution in [0.15, 0.2) is 59.9 Å². The molecule has 31 heavy (non-hydrogen) atoms. The smallest absolute Gasteiger partial charge is 0.259 e. The van der Waals surface area contributed by atoms with Crippen molar-refractivity contribution < 1.29 is 14.7 Å². The quantitative estimate of drug-likeness (QED) is 0.672. The monoisotopic (exact) mass is 415 g/mol. The van der Waals surface area contributed by atoms with E-state index in [4.69, 9.17) is 0 Å². The molecule has 2 aliphatic heterocycles. The molecule has 0 bridgehead atoms. The third kappa shape index (κ3) is 3.02. The molecule has 5 rings (SSSR count). The second-order valence-electron chi connectivity index (χ2n) is 8.79. The lowest BCUT2D eigenvalue weighted by molar-refractivity contribution is -0.139. The van der Waals surface area contributed by atoms with Gasteiger partial charge in [0.05, 0.1) is 17.6 Å². The topological polar surface area (TPSA) is 74.6 Å². The second-order valence-corrected chi connectivity index (χ2v) is 8.79. The highest BCUT2D eigenvalue weighted by atomic mass is 16.3. The number of hydrogen-bond donors (Lipinski definition) is 2. The molecule has 3 heterocycles. The highest BCUT2D eigenvalue weighted by molar-refractivity contribution is 6.11. The first-order valence-electron chi connectivity index (χ1n) is 10.6. The number of nitrogens with zero attached hydrogens (tertiary/aromatic N) is 2. The number of rotatable bonds is 3. The van der Waals surface area contributed by atoms with Crippen molar-refractivity contribution in [2.24, 2.45) is 5.92 Å². The molecule has 158 valence electrons. The Balaban J connectivity index is 1.80. The standard InChI is InChI=1S/C25H25N3O3/c1-14(2)11-27-12-18-22(16-6-4-7-17(30)10-16)24-20(13-28(15(3)29)25(24)31)26-19-8-5-9-21(27)23(18)19/h4-10,12,14,22,26,30H,11,13H2,1-3H3/t22-/m0/s1. The van der Waals surface area contributed by atoms with Gasteiger partial charge < -0.3 is 15.0 Å². The van der Waals surface area contributed by atoms with Crippen LogP contribution < -0.4 is 5.32 Å². The number of amides is 2. The minimum absolute atomic E-state index is 0.150. The highest BCUT2D eigenvalue weighted by Crippen LogP contribution is 2.46. The molecule has 6 nitrogen and oxygen atoms in total. The number of aromatic nitrogens is 1. The summed E-state index contributed by atoms with van der Waals surface area (Å²) in [6.45, 7) is 6.85. The molecule has 6 heteroatoms. The summed E-state index contributed by atoms with van der Waals surface area (Å²) in [6.07, 6.45) is 2.13. The molecule has 1 atom stereocenters. The van der Waals surface area contributed by atoms with Crippen LogP contribution >= 0.6 is 0 Å². The predicted molar refractivity (Wildman–Crippen MR) is 120 cm³/mol. The molecular weight excluding hydrogens is 390 g/mol. The zero-order valence-electron chi connectivity index (χ0n) is 17.8. The van der Waals surface area contributed by atoms with E-state index in [0.717, 1.165) is 40.0 Å². The fourth-order valence-electron chi connectivity index (χ4n) is 4.87. The lowest BCUT2D eigenvalue weighted by Gasteiger charge is -2.19. The number of aromatic hydroxyl groups is 1. The zero-order valence-corrected chi connectivity index (χ0v) is 17.8. The zero-order chi connectivity index (χ0) is 21.9. The fraction of sp³-hybridized carbons (Fsp3) is 0.280. The molecule has 0 spiro atoms. The maximum Gasteiger partial charge on any atom is 0.259 e. The van der Waals surface area contributed by atoms with Gasteiger partial charge in [-0.15, -0.1) is 0 Å². The van der Waals surface area contributed by atoms with Crippen LogP contribution in [0.1, 0.15) is 37.8 Å². The van der Waals surface area contributed by atoms with Crippen LogP contribution in [-0.2, 0) is 16.1 Å². The van der Waals surface area contributed by atoms with Gasteiger partial charge in [-0.25, -0.2) is 0 Å². The van der Waals surface area contributed by atoms with Crippen molar-refractivity contribution in [3.05, 3.63) is 71.1 Å². The Morgan fingerprint density at radius 1 is 1.23 bits per heavy atom. The van der Waals surface area contributed by atoms with Crippen molar-refractivity contribution in [3.8, 4) is 5.75 Å². The summed E-state index contributed by atoms with van der Waals surface area (Å²) in [5, 5.41) is 14.7. The molecule has 0 fully saturated rings. The van der Waals surface area contributed by atoms with Gasteiger partial charge in [-0.05, 0) is 41.3 Å². The summed E-state index contributed by atoms with van der Waals surface area (Å²) in [7, 11) is 0. The maximum atomic E-state index is 13.4.